The van der Waals surface area contributed by atoms with Gasteiger partial charge in [-0.2, -0.15) is 5.10 Å². The van der Waals surface area contributed by atoms with E-state index < -0.39 is 5.97 Å². The fourth-order valence-corrected chi connectivity index (χ4v) is 1.16. The van der Waals surface area contributed by atoms with Crippen molar-refractivity contribution in [3.63, 3.8) is 0 Å². The van der Waals surface area contributed by atoms with E-state index in [1.165, 1.54) is 0 Å². The lowest BCUT2D eigenvalue weighted by molar-refractivity contribution is -0.131. The van der Waals surface area contributed by atoms with E-state index in [0.717, 1.165) is 16.2 Å². The third kappa shape index (κ3) is 3.02. The summed E-state index contributed by atoms with van der Waals surface area (Å²) in [7, 11) is 0. The molecule has 13 heavy (non-hydrogen) atoms. The zero-order valence-corrected chi connectivity index (χ0v) is 8.65. The molecule has 0 amide bonds. The zero-order chi connectivity index (χ0) is 9.84. The monoisotopic (exact) mass is 244 g/mol. The second-order valence-electron chi connectivity index (χ2n) is 2.53. The summed E-state index contributed by atoms with van der Waals surface area (Å²) in [6.45, 7) is 2.35. The Hall–Kier alpha value is -1.10. The van der Waals surface area contributed by atoms with Crippen LogP contribution in [0.5, 0.6) is 0 Å². The van der Waals surface area contributed by atoms with Crippen LogP contribution < -0.4 is 0 Å². The van der Waals surface area contributed by atoms with Crippen LogP contribution in [0.4, 0.5) is 0 Å². The third-order valence-electron chi connectivity index (χ3n) is 1.44. The van der Waals surface area contributed by atoms with Crippen molar-refractivity contribution in [2.45, 2.75) is 13.5 Å². The zero-order valence-electron chi connectivity index (χ0n) is 7.07. The Labute approximate surface area is 84.0 Å². The van der Waals surface area contributed by atoms with Crippen LogP contribution in [0.1, 0.15) is 5.69 Å². The maximum atomic E-state index is 10.1. The molecule has 0 saturated carbocycles. The van der Waals surface area contributed by atoms with Crippen molar-refractivity contribution >= 4 is 21.9 Å². The van der Waals surface area contributed by atoms with Gasteiger partial charge in [-0.15, -0.1) is 0 Å². The summed E-state index contributed by atoms with van der Waals surface area (Å²) in [5, 5.41) is 12.5. The summed E-state index contributed by atoms with van der Waals surface area (Å²) in [5.41, 5.74) is 0.892. The Kier molecular flexibility index (Phi) is 3.25. The van der Waals surface area contributed by atoms with Crippen molar-refractivity contribution in [2.75, 3.05) is 0 Å². The van der Waals surface area contributed by atoms with Gasteiger partial charge in [-0.1, -0.05) is 6.08 Å². The predicted octanol–water partition coefficient (Wildman–Crippen LogP) is 1.59. The van der Waals surface area contributed by atoms with Gasteiger partial charge in [0.05, 0.1) is 16.7 Å². The Morgan fingerprint density at radius 1 is 1.85 bits per heavy atom. The molecule has 0 radical (unpaired) electrons. The van der Waals surface area contributed by atoms with Gasteiger partial charge in [-0.3, -0.25) is 4.68 Å². The van der Waals surface area contributed by atoms with Gasteiger partial charge in [0.15, 0.2) is 0 Å². The van der Waals surface area contributed by atoms with E-state index in [2.05, 4.69) is 21.0 Å². The molecule has 5 heteroatoms. The molecule has 70 valence electrons. The van der Waals surface area contributed by atoms with E-state index in [1.54, 1.807) is 10.8 Å². The standard InChI is InChI=1S/C8H9BrN2O2/c1-6-7(9)5-11(10-6)4-2-3-8(12)13/h2-3,5H,4H2,1H3,(H,12,13). The van der Waals surface area contributed by atoms with Crippen LogP contribution in [-0.2, 0) is 11.3 Å². The highest BCUT2D eigenvalue weighted by Crippen LogP contribution is 2.12. The molecule has 0 bridgehead atoms. The fraction of sp³-hybridized carbons (Fsp3) is 0.250. The van der Waals surface area contributed by atoms with Crippen molar-refractivity contribution < 1.29 is 9.90 Å². The molecular weight excluding hydrogens is 236 g/mol. The number of nitrogens with zero attached hydrogens (tertiary/aromatic N) is 2. The van der Waals surface area contributed by atoms with Crippen LogP contribution in [-0.4, -0.2) is 20.9 Å². The highest BCUT2D eigenvalue weighted by molar-refractivity contribution is 9.10. The van der Waals surface area contributed by atoms with Gasteiger partial charge in [0.1, 0.15) is 0 Å². The van der Waals surface area contributed by atoms with Crippen molar-refractivity contribution in [2.24, 2.45) is 0 Å². The molecule has 0 spiro atoms. The molecule has 0 aliphatic heterocycles. The maximum Gasteiger partial charge on any atom is 0.328 e. The Morgan fingerprint density at radius 3 is 3.00 bits per heavy atom. The molecule has 1 rings (SSSR count). The van der Waals surface area contributed by atoms with Crippen LogP contribution >= 0.6 is 15.9 Å². The summed E-state index contributed by atoms with van der Waals surface area (Å²) in [4.78, 5) is 10.1. The van der Waals surface area contributed by atoms with Crippen LogP contribution in [0, 0.1) is 6.92 Å². The quantitative estimate of drug-likeness (QED) is 0.823. The second kappa shape index (κ2) is 4.23. The molecule has 4 nitrogen and oxygen atoms in total. The summed E-state index contributed by atoms with van der Waals surface area (Å²) in [6.07, 6.45) is 4.45. The van der Waals surface area contributed by atoms with Gasteiger partial charge in [0.25, 0.3) is 0 Å². The smallest absolute Gasteiger partial charge is 0.328 e. The average molecular weight is 245 g/mol. The molecule has 0 aliphatic carbocycles. The predicted molar refractivity (Wildman–Crippen MR) is 51.4 cm³/mol. The van der Waals surface area contributed by atoms with Gasteiger partial charge >= 0.3 is 5.97 Å². The minimum Gasteiger partial charge on any atom is -0.478 e. The van der Waals surface area contributed by atoms with Crippen LogP contribution in [0.15, 0.2) is 22.8 Å². The van der Waals surface area contributed by atoms with Gasteiger partial charge in [-0.05, 0) is 22.9 Å². The van der Waals surface area contributed by atoms with Crippen molar-refractivity contribution in [3.05, 3.63) is 28.5 Å². The SMILES string of the molecule is Cc1nn(CC=CC(=O)O)cc1Br. The van der Waals surface area contributed by atoms with Crippen molar-refractivity contribution in [1.29, 1.82) is 0 Å². The third-order valence-corrected chi connectivity index (χ3v) is 2.22. The topological polar surface area (TPSA) is 55.1 Å². The van der Waals surface area contributed by atoms with Crippen LogP contribution in [0.3, 0.4) is 0 Å². The first kappa shape index (κ1) is 9.98. The van der Waals surface area contributed by atoms with E-state index in [1.807, 2.05) is 13.1 Å². The van der Waals surface area contributed by atoms with Gasteiger partial charge in [-0.25, -0.2) is 4.79 Å². The average Bonchev–Trinajstić information content (AvgIpc) is 2.30. The summed E-state index contributed by atoms with van der Waals surface area (Å²) >= 11 is 3.31. The molecular formula is C8H9BrN2O2. The van der Waals surface area contributed by atoms with Crippen molar-refractivity contribution in [1.82, 2.24) is 9.78 Å². The lowest BCUT2D eigenvalue weighted by Crippen LogP contribution is -1.97. The number of carboxylic acid groups (broad SMARTS) is 1. The first-order valence-electron chi connectivity index (χ1n) is 3.68. The first-order valence-corrected chi connectivity index (χ1v) is 4.48. The molecule has 1 aromatic heterocycles. The molecule has 0 aliphatic rings. The largest absolute Gasteiger partial charge is 0.478 e. The van der Waals surface area contributed by atoms with Crippen molar-refractivity contribution in [3.8, 4) is 0 Å². The molecule has 0 aromatic carbocycles. The number of carboxylic acids is 1. The van der Waals surface area contributed by atoms with E-state index in [0.29, 0.717) is 6.54 Å². The fourth-order valence-electron chi connectivity index (χ4n) is 0.849. The number of hydrogen-bond donors (Lipinski definition) is 1. The lowest BCUT2D eigenvalue weighted by atomic mass is 10.5. The molecule has 1 N–H and O–H groups in total. The van der Waals surface area contributed by atoms with E-state index in [-0.39, 0.29) is 0 Å². The Balaban J connectivity index is 2.60. The Bertz CT molecular complexity index is 324. The second-order valence-corrected chi connectivity index (χ2v) is 3.38. The van der Waals surface area contributed by atoms with Gasteiger partial charge in [0, 0.05) is 12.3 Å². The number of hydrogen-bond acceptors (Lipinski definition) is 2. The highest BCUT2D eigenvalue weighted by Gasteiger charge is 1.98. The molecule has 1 aromatic rings. The summed E-state index contributed by atoms with van der Waals surface area (Å²) in [6, 6.07) is 0. The van der Waals surface area contributed by atoms with E-state index >= 15 is 0 Å². The minimum absolute atomic E-state index is 0.471. The maximum absolute atomic E-state index is 10.1. The van der Waals surface area contributed by atoms with Crippen LogP contribution in [0.2, 0.25) is 0 Å². The Morgan fingerprint density at radius 2 is 2.54 bits per heavy atom. The van der Waals surface area contributed by atoms with E-state index in [4.69, 9.17) is 5.11 Å². The number of aliphatic carboxylic acids is 1. The number of aromatic nitrogens is 2. The molecule has 0 saturated heterocycles. The molecule has 0 atom stereocenters. The lowest BCUT2D eigenvalue weighted by Gasteiger charge is -1.92. The number of allylic oxidation sites excluding steroid dienone is 1. The number of aryl methyl sites for hydroxylation is 1. The summed E-state index contributed by atoms with van der Waals surface area (Å²) < 4.78 is 2.59. The van der Waals surface area contributed by atoms with Gasteiger partial charge < -0.3 is 5.11 Å². The molecule has 0 fully saturated rings. The van der Waals surface area contributed by atoms with Gasteiger partial charge in [0.2, 0.25) is 0 Å². The minimum atomic E-state index is -0.942. The first-order chi connectivity index (χ1) is 6.09. The summed E-state index contributed by atoms with van der Waals surface area (Å²) in [5.74, 6) is -0.942. The highest BCUT2D eigenvalue weighted by atomic mass is 79.9. The number of rotatable bonds is 3. The van der Waals surface area contributed by atoms with E-state index in [9.17, 15) is 4.79 Å². The van der Waals surface area contributed by atoms with Crippen LogP contribution in [0.25, 0.3) is 0 Å². The number of carbonyl (C=O) groups is 1. The molecule has 1 heterocycles. The number of halogens is 1. The molecule has 0 unspecified atom stereocenters. The normalized spacial score (nSPS) is 10.9.